The van der Waals surface area contributed by atoms with Crippen LogP contribution in [0.5, 0.6) is 11.5 Å². The Kier molecular flexibility index (Phi) is 4.67. The number of benzene rings is 1. The van der Waals surface area contributed by atoms with Crippen LogP contribution in [0.25, 0.3) is 0 Å². The molecular weight excluding hydrogens is 272 g/mol. The zero-order chi connectivity index (χ0) is 15.4. The van der Waals surface area contributed by atoms with Crippen LogP contribution in [-0.2, 0) is 4.74 Å². The van der Waals surface area contributed by atoms with E-state index < -0.39 is 5.97 Å². The summed E-state index contributed by atoms with van der Waals surface area (Å²) in [4.78, 5) is 11.8. The Hall–Kier alpha value is -2.24. The second kappa shape index (κ2) is 6.47. The summed E-state index contributed by atoms with van der Waals surface area (Å²) < 4.78 is 15.9. The zero-order valence-corrected chi connectivity index (χ0v) is 12.8. The first-order valence-corrected chi connectivity index (χ1v) is 6.79. The van der Waals surface area contributed by atoms with E-state index in [2.05, 4.69) is 5.10 Å². The molecule has 0 radical (unpaired) electrons. The van der Waals surface area contributed by atoms with E-state index >= 15 is 0 Å². The van der Waals surface area contributed by atoms with Crippen molar-refractivity contribution in [1.82, 2.24) is 5.01 Å². The number of rotatable bonds is 5. The van der Waals surface area contributed by atoms with Gasteiger partial charge in [0.2, 0.25) is 0 Å². The minimum atomic E-state index is -0.419. The number of hydrazone groups is 1. The third-order valence-corrected chi connectivity index (χ3v) is 3.32. The van der Waals surface area contributed by atoms with Gasteiger partial charge in [-0.05, 0) is 19.1 Å². The van der Waals surface area contributed by atoms with Crippen molar-refractivity contribution in [3.8, 4) is 11.5 Å². The third kappa shape index (κ3) is 3.09. The van der Waals surface area contributed by atoms with Crippen LogP contribution in [-0.4, -0.2) is 51.6 Å². The van der Waals surface area contributed by atoms with E-state index in [0.717, 1.165) is 12.1 Å². The van der Waals surface area contributed by atoms with Crippen LogP contribution in [0.15, 0.2) is 17.2 Å². The van der Waals surface area contributed by atoms with Gasteiger partial charge in [0.25, 0.3) is 0 Å². The molecule has 0 amide bonds. The molecule has 0 aromatic heterocycles. The van der Waals surface area contributed by atoms with Gasteiger partial charge in [0.15, 0.2) is 0 Å². The van der Waals surface area contributed by atoms with Crippen LogP contribution in [0.1, 0.15) is 28.8 Å². The van der Waals surface area contributed by atoms with Gasteiger partial charge in [-0.25, -0.2) is 4.79 Å². The Bertz CT molecular complexity index is 557. The first-order chi connectivity index (χ1) is 10.1. The first kappa shape index (κ1) is 15.2. The number of ether oxygens (including phenoxy) is 3. The van der Waals surface area contributed by atoms with E-state index in [-0.39, 0.29) is 5.92 Å². The van der Waals surface area contributed by atoms with Gasteiger partial charge in [-0.15, -0.1) is 0 Å². The summed E-state index contributed by atoms with van der Waals surface area (Å²) in [6.07, 6.45) is 1.86. The number of likely N-dealkylation sites (N-methyl/N-ethyl adjacent to an activating group) is 1. The molecule has 0 bridgehead atoms. The topological polar surface area (TPSA) is 60.4 Å². The van der Waals surface area contributed by atoms with E-state index in [0.29, 0.717) is 23.7 Å². The second-order valence-corrected chi connectivity index (χ2v) is 4.73. The molecule has 0 saturated carbocycles. The van der Waals surface area contributed by atoms with Gasteiger partial charge in [-0.1, -0.05) is 0 Å². The second-order valence-electron chi connectivity index (χ2n) is 4.73. The fraction of sp³-hybridized carbons (Fsp3) is 0.467. The number of carbonyl (C=O) groups is 1. The van der Waals surface area contributed by atoms with Gasteiger partial charge in [0, 0.05) is 31.3 Å². The van der Waals surface area contributed by atoms with Crippen LogP contribution < -0.4 is 9.47 Å². The summed E-state index contributed by atoms with van der Waals surface area (Å²) in [6, 6.07) is 3.37. The van der Waals surface area contributed by atoms with Crippen molar-refractivity contribution in [2.75, 3.05) is 34.4 Å². The van der Waals surface area contributed by atoms with Crippen LogP contribution in [0, 0.1) is 0 Å². The Morgan fingerprint density at radius 2 is 2.10 bits per heavy atom. The van der Waals surface area contributed by atoms with Crippen molar-refractivity contribution < 1.29 is 19.0 Å². The maximum atomic E-state index is 11.8. The van der Waals surface area contributed by atoms with Crippen LogP contribution in [0.3, 0.4) is 0 Å². The highest BCUT2D eigenvalue weighted by atomic mass is 16.5. The lowest BCUT2D eigenvalue weighted by atomic mass is 9.96. The van der Waals surface area contributed by atoms with Crippen molar-refractivity contribution in [1.29, 1.82) is 0 Å². The molecule has 6 heteroatoms. The highest BCUT2D eigenvalue weighted by Gasteiger charge is 2.26. The molecule has 1 aliphatic heterocycles. The lowest BCUT2D eigenvalue weighted by Crippen LogP contribution is -2.15. The SMILES string of the molecule is CCOc1cc(C(=O)OC)cc(OC)c1C1C=NN(C)C1. The molecule has 1 heterocycles. The Labute approximate surface area is 124 Å². The van der Waals surface area contributed by atoms with Crippen molar-refractivity contribution in [2.24, 2.45) is 5.10 Å². The molecular formula is C15H20N2O4. The highest BCUT2D eigenvalue weighted by molar-refractivity contribution is 5.91. The molecule has 1 aromatic rings. The number of esters is 1. The molecule has 0 N–H and O–H groups in total. The smallest absolute Gasteiger partial charge is 0.338 e. The molecule has 114 valence electrons. The van der Waals surface area contributed by atoms with Crippen LogP contribution >= 0.6 is 0 Å². The van der Waals surface area contributed by atoms with Crippen LogP contribution in [0.2, 0.25) is 0 Å². The van der Waals surface area contributed by atoms with Gasteiger partial charge < -0.3 is 14.2 Å². The number of methoxy groups -OCH3 is 2. The summed E-state index contributed by atoms with van der Waals surface area (Å²) in [6.45, 7) is 3.14. The first-order valence-electron chi connectivity index (χ1n) is 6.79. The minimum Gasteiger partial charge on any atom is -0.496 e. The van der Waals surface area contributed by atoms with Gasteiger partial charge in [-0.3, -0.25) is 5.01 Å². The Morgan fingerprint density at radius 1 is 1.38 bits per heavy atom. The number of hydrogen-bond donors (Lipinski definition) is 0. The van der Waals surface area contributed by atoms with Gasteiger partial charge in [0.1, 0.15) is 11.5 Å². The molecule has 0 spiro atoms. The highest BCUT2D eigenvalue weighted by Crippen LogP contribution is 2.38. The number of hydrogen-bond acceptors (Lipinski definition) is 6. The third-order valence-electron chi connectivity index (χ3n) is 3.32. The predicted molar refractivity (Wildman–Crippen MR) is 79.4 cm³/mol. The molecule has 0 fully saturated rings. The van der Waals surface area contributed by atoms with Crippen molar-refractivity contribution in [3.05, 3.63) is 23.3 Å². The lowest BCUT2D eigenvalue weighted by Gasteiger charge is -2.19. The number of carbonyl (C=O) groups excluding carboxylic acids is 1. The summed E-state index contributed by atoms with van der Waals surface area (Å²) in [5.74, 6) is 0.883. The molecule has 6 nitrogen and oxygen atoms in total. The summed E-state index contributed by atoms with van der Waals surface area (Å²) in [5, 5.41) is 6.11. The number of nitrogens with zero attached hydrogens (tertiary/aromatic N) is 2. The largest absolute Gasteiger partial charge is 0.496 e. The maximum absolute atomic E-state index is 11.8. The van der Waals surface area contributed by atoms with Gasteiger partial charge in [-0.2, -0.15) is 5.10 Å². The molecule has 1 atom stereocenters. The van der Waals surface area contributed by atoms with Crippen molar-refractivity contribution in [2.45, 2.75) is 12.8 Å². The normalized spacial score (nSPS) is 17.0. The monoisotopic (exact) mass is 292 g/mol. The average Bonchev–Trinajstić information content (AvgIpc) is 2.92. The summed E-state index contributed by atoms with van der Waals surface area (Å²) >= 11 is 0. The van der Waals surface area contributed by atoms with Gasteiger partial charge >= 0.3 is 5.97 Å². The molecule has 1 unspecified atom stereocenters. The molecule has 2 rings (SSSR count). The molecule has 0 saturated heterocycles. The lowest BCUT2D eigenvalue weighted by molar-refractivity contribution is 0.0599. The van der Waals surface area contributed by atoms with E-state index in [1.54, 1.807) is 19.2 Å². The Balaban J connectivity index is 2.50. The summed E-state index contributed by atoms with van der Waals surface area (Å²) in [5.41, 5.74) is 1.31. The van der Waals surface area contributed by atoms with Crippen molar-refractivity contribution >= 4 is 12.2 Å². The maximum Gasteiger partial charge on any atom is 0.338 e. The average molecular weight is 292 g/mol. The Morgan fingerprint density at radius 3 is 2.62 bits per heavy atom. The van der Waals surface area contributed by atoms with Crippen molar-refractivity contribution in [3.63, 3.8) is 0 Å². The summed E-state index contributed by atoms with van der Waals surface area (Å²) in [7, 11) is 4.83. The van der Waals surface area contributed by atoms with E-state index in [1.807, 2.05) is 25.2 Å². The standard InChI is InChI=1S/C15H20N2O4/c1-5-21-13-7-10(15(18)20-4)6-12(19-3)14(13)11-8-16-17(2)9-11/h6-8,11H,5,9H2,1-4H3. The molecule has 1 aromatic carbocycles. The minimum absolute atomic E-state index is 0.0678. The van der Waals surface area contributed by atoms with Gasteiger partial charge in [0.05, 0.1) is 26.4 Å². The van der Waals surface area contributed by atoms with Crippen LogP contribution in [0.4, 0.5) is 0 Å². The predicted octanol–water partition coefficient (Wildman–Crippen LogP) is 1.90. The quantitative estimate of drug-likeness (QED) is 0.776. The fourth-order valence-corrected chi connectivity index (χ4v) is 2.39. The zero-order valence-electron chi connectivity index (χ0n) is 12.8. The molecule has 1 aliphatic rings. The molecule has 0 aliphatic carbocycles. The van der Waals surface area contributed by atoms with E-state index in [9.17, 15) is 4.79 Å². The van der Waals surface area contributed by atoms with E-state index in [1.165, 1.54) is 7.11 Å². The fourth-order valence-electron chi connectivity index (χ4n) is 2.39. The molecule has 21 heavy (non-hydrogen) atoms. The van der Waals surface area contributed by atoms with E-state index in [4.69, 9.17) is 14.2 Å².